The lowest BCUT2D eigenvalue weighted by Gasteiger charge is -2.03. The lowest BCUT2D eigenvalue weighted by Crippen LogP contribution is -1.78. The van der Waals surface area contributed by atoms with E-state index in [1.807, 2.05) is 18.2 Å². The van der Waals surface area contributed by atoms with Crippen LogP contribution in [0.2, 0.25) is 0 Å². The van der Waals surface area contributed by atoms with E-state index >= 15 is 0 Å². The zero-order chi connectivity index (χ0) is 16.4. The van der Waals surface area contributed by atoms with Gasteiger partial charge in [0, 0.05) is 21.5 Å². The predicted molar refractivity (Wildman–Crippen MR) is 104 cm³/mol. The molecule has 2 nitrogen and oxygen atoms in total. The van der Waals surface area contributed by atoms with E-state index in [1.165, 1.54) is 21.5 Å². The van der Waals surface area contributed by atoms with Crippen LogP contribution < -0.4 is 0 Å². The normalized spacial score (nSPS) is 12.0. The molecule has 0 aliphatic carbocycles. The van der Waals surface area contributed by atoms with Gasteiger partial charge in [0.15, 0.2) is 0 Å². The molecule has 0 spiro atoms. The SMILES string of the molecule is c1ccc2oc3ccc4c(nc5ccc6ccccc6c54)c3cc2c1. The van der Waals surface area contributed by atoms with Gasteiger partial charge in [-0.1, -0.05) is 48.5 Å². The topological polar surface area (TPSA) is 26.0 Å². The summed E-state index contributed by atoms with van der Waals surface area (Å²) < 4.78 is 6.10. The van der Waals surface area contributed by atoms with Crippen molar-refractivity contribution in [3.63, 3.8) is 0 Å². The Balaban J connectivity index is 1.86. The highest BCUT2D eigenvalue weighted by Gasteiger charge is 2.13. The highest BCUT2D eigenvalue weighted by molar-refractivity contribution is 6.24. The van der Waals surface area contributed by atoms with Crippen LogP contribution in [0.25, 0.3) is 54.5 Å². The third-order valence-electron chi connectivity index (χ3n) is 5.02. The molecule has 2 heterocycles. The van der Waals surface area contributed by atoms with E-state index in [0.29, 0.717) is 0 Å². The quantitative estimate of drug-likeness (QED) is 0.301. The summed E-state index contributed by atoms with van der Waals surface area (Å²) >= 11 is 0. The highest BCUT2D eigenvalue weighted by Crippen LogP contribution is 2.36. The smallest absolute Gasteiger partial charge is 0.136 e. The molecule has 2 heteroatoms. The van der Waals surface area contributed by atoms with Crippen LogP contribution in [0.15, 0.2) is 83.3 Å². The summed E-state index contributed by atoms with van der Waals surface area (Å²) in [6, 6.07) is 27.2. The number of hydrogen-bond donors (Lipinski definition) is 0. The summed E-state index contributed by atoms with van der Waals surface area (Å²) in [6.07, 6.45) is 0. The van der Waals surface area contributed by atoms with Gasteiger partial charge < -0.3 is 4.42 Å². The lowest BCUT2D eigenvalue weighted by molar-refractivity contribution is 0.661. The molecule has 6 rings (SSSR count). The lowest BCUT2D eigenvalue weighted by atomic mass is 10.0. The fourth-order valence-electron chi connectivity index (χ4n) is 3.86. The standard InChI is InChI=1S/C23H13NO/c1-3-7-16-14(5-1)9-11-19-22(16)17-10-12-21-18(23(17)24-19)13-15-6-2-4-8-20(15)25-21/h1-13H. The minimum Gasteiger partial charge on any atom is -0.456 e. The van der Waals surface area contributed by atoms with Gasteiger partial charge in [-0.3, -0.25) is 0 Å². The molecule has 116 valence electrons. The average Bonchev–Trinajstić information content (AvgIpc) is 3.06. The fraction of sp³-hybridized carbons (Fsp3) is 0. The van der Waals surface area contributed by atoms with Crippen LogP contribution in [0.3, 0.4) is 0 Å². The maximum atomic E-state index is 6.10. The van der Waals surface area contributed by atoms with Gasteiger partial charge in [0.25, 0.3) is 0 Å². The van der Waals surface area contributed by atoms with Crippen molar-refractivity contribution in [1.29, 1.82) is 0 Å². The Kier molecular flexibility index (Phi) is 2.37. The number of rotatable bonds is 0. The van der Waals surface area contributed by atoms with Gasteiger partial charge in [-0.2, -0.15) is 0 Å². The summed E-state index contributed by atoms with van der Waals surface area (Å²) in [5.74, 6) is 0. The Labute approximate surface area is 143 Å². The van der Waals surface area contributed by atoms with Crippen molar-refractivity contribution in [2.24, 2.45) is 0 Å². The molecular formula is C23H13NO. The summed E-state index contributed by atoms with van der Waals surface area (Å²) in [4.78, 5) is 4.94. The molecule has 0 aliphatic rings. The van der Waals surface area contributed by atoms with Gasteiger partial charge in [0.1, 0.15) is 11.2 Å². The second-order valence-electron chi connectivity index (χ2n) is 6.45. The average molecular weight is 319 g/mol. The maximum absolute atomic E-state index is 6.10. The Hall–Kier alpha value is -3.39. The van der Waals surface area contributed by atoms with E-state index in [4.69, 9.17) is 9.40 Å². The van der Waals surface area contributed by atoms with Gasteiger partial charge in [-0.25, -0.2) is 4.98 Å². The van der Waals surface area contributed by atoms with Crippen LogP contribution in [0.1, 0.15) is 0 Å². The van der Waals surface area contributed by atoms with Crippen molar-refractivity contribution < 1.29 is 4.42 Å². The highest BCUT2D eigenvalue weighted by atomic mass is 16.3. The van der Waals surface area contributed by atoms with Gasteiger partial charge in [-0.15, -0.1) is 0 Å². The van der Waals surface area contributed by atoms with Crippen LogP contribution in [0, 0.1) is 0 Å². The molecule has 2 aromatic heterocycles. The van der Waals surface area contributed by atoms with E-state index in [9.17, 15) is 0 Å². The number of para-hydroxylation sites is 1. The van der Waals surface area contributed by atoms with Crippen molar-refractivity contribution in [1.82, 2.24) is 4.98 Å². The molecule has 6 aromatic rings. The van der Waals surface area contributed by atoms with Crippen LogP contribution in [-0.2, 0) is 0 Å². The van der Waals surface area contributed by atoms with Crippen LogP contribution in [0.4, 0.5) is 0 Å². The Morgan fingerprint density at radius 3 is 2.40 bits per heavy atom. The molecule has 0 unspecified atom stereocenters. The molecule has 0 atom stereocenters. The Morgan fingerprint density at radius 1 is 0.600 bits per heavy atom. The van der Waals surface area contributed by atoms with Crippen molar-refractivity contribution in [2.45, 2.75) is 0 Å². The van der Waals surface area contributed by atoms with Crippen LogP contribution in [-0.4, -0.2) is 4.98 Å². The second kappa shape index (κ2) is 4.58. The van der Waals surface area contributed by atoms with Gasteiger partial charge in [-0.05, 0) is 41.1 Å². The van der Waals surface area contributed by atoms with Crippen molar-refractivity contribution in [3.8, 4) is 0 Å². The molecule has 0 aliphatic heterocycles. The molecule has 25 heavy (non-hydrogen) atoms. The number of aromatic nitrogens is 1. The largest absolute Gasteiger partial charge is 0.456 e. The minimum atomic E-state index is 0.873. The number of fused-ring (bicyclic) bond motifs is 8. The zero-order valence-electron chi connectivity index (χ0n) is 13.4. The monoisotopic (exact) mass is 319 g/mol. The van der Waals surface area contributed by atoms with Gasteiger partial charge in [0.2, 0.25) is 0 Å². The van der Waals surface area contributed by atoms with Crippen LogP contribution >= 0.6 is 0 Å². The second-order valence-corrected chi connectivity index (χ2v) is 6.45. The van der Waals surface area contributed by atoms with Gasteiger partial charge >= 0.3 is 0 Å². The molecule has 0 radical (unpaired) electrons. The zero-order valence-corrected chi connectivity index (χ0v) is 13.4. The van der Waals surface area contributed by atoms with E-state index < -0.39 is 0 Å². The van der Waals surface area contributed by atoms with E-state index in [1.54, 1.807) is 0 Å². The van der Waals surface area contributed by atoms with E-state index in [-0.39, 0.29) is 0 Å². The van der Waals surface area contributed by atoms with Crippen LogP contribution in [0.5, 0.6) is 0 Å². The first-order valence-corrected chi connectivity index (χ1v) is 8.41. The molecule has 0 fully saturated rings. The summed E-state index contributed by atoms with van der Waals surface area (Å²) in [7, 11) is 0. The van der Waals surface area contributed by atoms with Crippen molar-refractivity contribution in [2.75, 3.05) is 0 Å². The molecule has 0 saturated heterocycles. The Bertz CT molecular complexity index is 1440. The molecule has 0 amide bonds. The molecule has 0 bridgehead atoms. The summed E-state index contributed by atoms with van der Waals surface area (Å²) in [6.45, 7) is 0. The van der Waals surface area contributed by atoms with E-state index in [0.717, 1.165) is 33.0 Å². The first-order valence-electron chi connectivity index (χ1n) is 8.41. The third-order valence-corrected chi connectivity index (χ3v) is 5.02. The maximum Gasteiger partial charge on any atom is 0.136 e. The number of nitrogens with zero attached hydrogens (tertiary/aromatic N) is 1. The fourth-order valence-corrected chi connectivity index (χ4v) is 3.86. The van der Waals surface area contributed by atoms with Crippen molar-refractivity contribution in [3.05, 3.63) is 78.9 Å². The van der Waals surface area contributed by atoms with E-state index in [2.05, 4.69) is 60.7 Å². The third kappa shape index (κ3) is 1.71. The number of benzene rings is 4. The first kappa shape index (κ1) is 13.0. The predicted octanol–water partition coefficient (Wildman–Crippen LogP) is 6.44. The molecular weight excluding hydrogens is 306 g/mol. The first-order chi connectivity index (χ1) is 12.4. The van der Waals surface area contributed by atoms with Crippen molar-refractivity contribution >= 4 is 54.5 Å². The summed E-state index contributed by atoms with van der Waals surface area (Å²) in [5.41, 5.74) is 3.82. The number of hydrogen-bond acceptors (Lipinski definition) is 2. The molecule has 0 N–H and O–H groups in total. The summed E-state index contributed by atoms with van der Waals surface area (Å²) in [5, 5.41) is 7.07. The van der Waals surface area contributed by atoms with Gasteiger partial charge in [0.05, 0.1) is 11.0 Å². The molecule has 4 aromatic carbocycles. The molecule has 0 saturated carbocycles. The minimum absolute atomic E-state index is 0.873. The Morgan fingerprint density at radius 2 is 1.44 bits per heavy atom.